The second-order valence-electron chi connectivity index (χ2n) is 5.69. The number of hydrogen-bond acceptors (Lipinski definition) is 3. The smallest absolute Gasteiger partial charge is 0.314 e. The summed E-state index contributed by atoms with van der Waals surface area (Å²) in [5.74, 6) is -0.838. The van der Waals surface area contributed by atoms with Crippen LogP contribution in [-0.4, -0.2) is 36.9 Å². The highest BCUT2D eigenvalue weighted by atomic mass is 32.2. The third-order valence-corrected chi connectivity index (χ3v) is 6.44. The molecule has 1 saturated carbocycles. The molecule has 1 unspecified atom stereocenters. The Kier molecular flexibility index (Phi) is 4.13. The SMILES string of the molecule is CCC(C)N(C)S(=O)(=O)c1ccc(C2(C(=O)O)CC2)cc1. The molecule has 1 fully saturated rings. The number of carboxylic acid groups (broad SMARTS) is 1. The van der Waals surface area contributed by atoms with Crippen molar-refractivity contribution in [3.8, 4) is 0 Å². The Balaban J connectivity index is 2.29. The molecule has 0 aromatic heterocycles. The Hall–Kier alpha value is -1.40. The lowest BCUT2D eigenvalue weighted by Crippen LogP contribution is -2.34. The molecule has 1 aliphatic rings. The van der Waals surface area contributed by atoms with E-state index in [4.69, 9.17) is 0 Å². The van der Waals surface area contributed by atoms with Crippen molar-refractivity contribution in [3.63, 3.8) is 0 Å². The Labute approximate surface area is 125 Å². The minimum absolute atomic E-state index is 0.0801. The van der Waals surface area contributed by atoms with Crippen LogP contribution < -0.4 is 0 Å². The average molecular weight is 311 g/mol. The van der Waals surface area contributed by atoms with Crippen LogP contribution in [0.1, 0.15) is 38.7 Å². The normalized spacial score (nSPS) is 18.5. The molecule has 6 heteroatoms. The number of aliphatic carboxylic acids is 1. The van der Waals surface area contributed by atoms with Crippen molar-refractivity contribution in [2.24, 2.45) is 0 Å². The molecule has 1 aliphatic carbocycles. The maximum atomic E-state index is 12.5. The van der Waals surface area contributed by atoms with E-state index >= 15 is 0 Å². The van der Waals surface area contributed by atoms with Gasteiger partial charge in [-0.15, -0.1) is 0 Å². The summed E-state index contributed by atoms with van der Waals surface area (Å²) >= 11 is 0. The van der Waals surface area contributed by atoms with Gasteiger partial charge in [-0.25, -0.2) is 8.42 Å². The molecular formula is C15H21NO4S. The van der Waals surface area contributed by atoms with Crippen molar-refractivity contribution >= 4 is 16.0 Å². The van der Waals surface area contributed by atoms with Crippen molar-refractivity contribution in [3.05, 3.63) is 29.8 Å². The van der Waals surface area contributed by atoms with E-state index in [1.807, 2.05) is 13.8 Å². The highest BCUT2D eigenvalue weighted by molar-refractivity contribution is 7.89. The summed E-state index contributed by atoms with van der Waals surface area (Å²) in [6.07, 6.45) is 1.96. The van der Waals surface area contributed by atoms with E-state index in [-0.39, 0.29) is 10.9 Å². The monoisotopic (exact) mass is 311 g/mol. The topological polar surface area (TPSA) is 74.7 Å². The van der Waals surface area contributed by atoms with Crippen LogP contribution in [0.15, 0.2) is 29.2 Å². The second-order valence-corrected chi connectivity index (χ2v) is 7.69. The molecule has 0 heterocycles. The van der Waals surface area contributed by atoms with Crippen LogP contribution in [0.4, 0.5) is 0 Å². The summed E-state index contributed by atoms with van der Waals surface area (Å²) in [4.78, 5) is 11.5. The average Bonchev–Trinajstić information content (AvgIpc) is 3.27. The van der Waals surface area contributed by atoms with Crippen LogP contribution in [0, 0.1) is 0 Å². The number of hydrogen-bond donors (Lipinski definition) is 1. The predicted molar refractivity (Wildman–Crippen MR) is 79.7 cm³/mol. The lowest BCUT2D eigenvalue weighted by molar-refractivity contribution is -0.140. The molecule has 0 amide bonds. The third kappa shape index (κ3) is 2.70. The molecule has 1 N–H and O–H groups in total. The van der Waals surface area contributed by atoms with Gasteiger partial charge in [0.1, 0.15) is 0 Å². The number of carboxylic acids is 1. The van der Waals surface area contributed by atoms with Gasteiger partial charge < -0.3 is 5.11 Å². The summed E-state index contributed by atoms with van der Waals surface area (Å²) in [6.45, 7) is 3.79. The van der Waals surface area contributed by atoms with Crippen molar-refractivity contribution in [2.45, 2.75) is 49.5 Å². The quantitative estimate of drug-likeness (QED) is 0.874. The molecule has 1 aromatic carbocycles. The lowest BCUT2D eigenvalue weighted by atomic mass is 9.96. The Morgan fingerprint density at radius 3 is 2.24 bits per heavy atom. The van der Waals surface area contributed by atoms with Crippen molar-refractivity contribution in [1.29, 1.82) is 0 Å². The minimum atomic E-state index is -3.53. The first-order valence-corrected chi connectivity index (χ1v) is 8.51. The van der Waals surface area contributed by atoms with Crippen LogP contribution in [0.2, 0.25) is 0 Å². The van der Waals surface area contributed by atoms with E-state index in [0.717, 1.165) is 6.42 Å². The molecule has 0 bridgehead atoms. The van der Waals surface area contributed by atoms with Gasteiger partial charge in [0.2, 0.25) is 10.0 Å². The first kappa shape index (κ1) is 16.0. The first-order chi connectivity index (χ1) is 9.75. The molecule has 0 aliphatic heterocycles. The Morgan fingerprint density at radius 1 is 1.33 bits per heavy atom. The van der Waals surface area contributed by atoms with Crippen LogP contribution >= 0.6 is 0 Å². The van der Waals surface area contributed by atoms with Gasteiger partial charge >= 0.3 is 5.97 Å². The van der Waals surface area contributed by atoms with Crippen molar-refractivity contribution in [1.82, 2.24) is 4.31 Å². The Morgan fingerprint density at radius 2 is 1.86 bits per heavy atom. The van der Waals surface area contributed by atoms with E-state index in [1.165, 1.54) is 16.4 Å². The van der Waals surface area contributed by atoms with Crippen LogP contribution in [-0.2, 0) is 20.2 Å². The zero-order chi connectivity index (χ0) is 15.8. The molecule has 0 radical (unpaired) electrons. The van der Waals surface area contributed by atoms with Crippen LogP contribution in [0.3, 0.4) is 0 Å². The van der Waals surface area contributed by atoms with Gasteiger partial charge in [0, 0.05) is 13.1 Å². The number of carbonyl (C=O) groups is 1. The molecule has 5 nitrogen and oxygen atoms in total. The van der Waals surface area contributed by atoms with Gasteiger partial charge in [0.15, 0.2) is 0 Å². The van der Waals surface area contributed by atoms with Crippen LogP contribution in [0.25, 0.3) is 0 Å². The summed E-state index contributed by atoms with van der Waals surface area (Å²) in [6, 6.07) is 6.18. The number of rotatable bonds is 6. The van der Waals surface area contributed by atoms with Gasteiger partial charge in [-0.05, 0) is 43.9 Å². The zero-order valence-electron chi connectivity index (χ0n) is 12.5. The predicted octanol–water partition coefficient (Wildman–Crippen LogP) is 2.22. The number of sulfonamides is 1. The van der Waals surface area contributed by atoms with E-state index in [2.05, 4.69) is 0 Å². The Bertz CT molecular complexity index is 632. The van der Waals surface area contributed by atoms with Gasteiger partial charge in [-0.1, -0.05) is 19.1 Å². The van der Waals surface area contributed by atoms with Gasteiger partial charge in [-0.2, -0.15) is 4.31 Å². The standard InChI is InChI=1S/C15H21NO4S/c1-4-11(2)16(3)21(19,20)13-7-5-12(6-8-13)15(9-10-15)14(17)18/h5-8,11H,4,9-10H2,1-3H3,(H,17,18). The maximum absolute atomic E-state index is 12.5. The van der Waals surface area contributed by atoms with E-state index in [0.29, 0.717) is 18.4 Å². The van der Waals surface area contributed by atoms with Crippen molar-refractivity contribution in [2.75, 3.05) is 7.05 Å². The first-order valence-electron chi connectivity index (χ1n) is 7.07. The maximum Gasteiger partial charge on any atom is 0.314 e. The highest BCUT2D eigenvalue weighted by Gasteiger charge is 2.51. The van der Waals surface area contributed by atoms with Gasteiger partial charge in [-0.3, -0.25) is 4.79 Å². The zero-order valence-corrected chi connectivity index (χ0v) is 13.4. The summed E-state index contributed by atoms with van der Waals surface area (Å²) in [5, 5.41) is 9.25. The fourth-order valence-corrected chi connectivity index (χ4v) is 3.79. The molecule has 1 atom stereocenters. The van der Waals surface area contributed by atoms with Gasteiger partial charge in [0.05, 0.1) is 10.3 Å². The molecular weight excluding hydrogens is 290 g/mol. The summed E-state index contributed by atoms with van der Waals surface area (Å²) in [5.41, 5.74) is -0.120. The number of benzene rings is 1. The van der Waals surface area contributed by atoms with E-state index in [9.17, 15) is 18.3 Å². The molecule has 21 heavy (non-hydrogen) atoms. The van der Waals surface area contributed by atoms with E-state index in [1.54, 1.807) is 19.2 Å². The van der Waals surface area contributed by atoms with Crippen molar-refractivity contribution < 1.29 is 18.3 Å². The third-order valence-electron chi connectivity index (χ3n) is 4.45. The fraction of sp³-hybridized carbons (Fsp3) is 0.533. The summed E-state index contributed by atoms with van der Waals surface area (Å²) in [7, 11) is -1.96. The van der Waals surface area contributed by atoms with E-state index < -0.39 is 21.4 Å². The molecule has 1 aromatic rings. The number of nitrogens with zero attached hydrogens (tertiary/aromatic N) is 1. The minimum Gasteiger partial charge on any atom is -0.481 e. The van der Waals surface area contributed by atoms with Gasteiger partial charge in [0.25, 0.3) is 0 Å². The second kappa shape index (κ2) is 5.42. The molecule has 0 spiro atoms. The van der Waals surface area contributed by atoms with Crippen LogP contribution in [0.5, 0.6) is 0 Å². The molecule has 2 rings (SSSR count). The highest BCUT2D eigenvalue weighted by Crippen LogP contribution is 2.48. The largest absolute Gasteiger partial charge is 0.481 e. The molecule has 116 valence electrons. The lowest BCUT2D eigenvalue weighted by Gasteiger charge is -2.23. The summed E-state index contributed by atoms with van der Waals surface area (Å²) < 4.78 is 26.3. The fourth-order valence-electron chi connectivity index (χ4n) is 2.36. The molecule has 0 saturated heterocycles.